The Labute approximate surface area is 94.3 Å². The van der Waals surface area contributed by atoms with Crippen LogP contribution in [0.3, 0.4) is 0 Å². The molecular formula is C7H8N6S2. The Morgan fingerprint density at radius 3 is 3.00 bits per heavy atom. The Morgan fingerprint density at radius 2 is 2.33 bits per heavy atom. The average molecular weight is 240 g/mol. The molecule has 0 aromatic carbocycles. The lowest BCUT2D eigenvalue weighted by atomic mass is 10.3. The fraction of sp³-hybridized carbons (Fsp3) is 0.143. The van der Waals surface area contributed by atoms with Crippen molar-refractivity contribution in [2.75, 3.05) is 5.43 Å². The second-order valence-electron chi connectivity index (χ2n) is 2.60. The fourth-order valence-corrected chi connectivity index (χ4v) is 2.41. The van der Waals surface area contributed by atoms with Gasteiger partial charge in [0.2, 0.25) is 0 Å². The minimum Gasteiger partial charge on any atom is -0.308 e. The van der Waals surface area contributed by atoms with Crippen molar-refractivity contribution in [1.29, 1.82) is 0 Å². The standard InChI is InChI=1S/C7H8N6S2/c1-4-5(12-8)9-2-10-6(4)15-7-13-11-3-14-7/h2-3H,8H2,1H3,(H,9,10,12). The molecule has 8 heteroatoms. The normalized spacial score (nSPS) is 10.3. The van der Waals surface area contributed by atoms with Gasteiger partial charge < -0.3 is 5.43 Å². The molecular weight excluding hydrogens is 232 g/mol. The van der Waals surface area contributed by atoms with Crippen molar-refractivity contribution >= 4 is 28.9 Å². The van der Waals surface area contributed by atoms with E-state index in [1.165, 1.54) is 29.4 Å². The van der Waals surface area contributed by atoms with E-state index in [1.807, 2.05) is 6.92 Å². The number of nitrogens with one attached hydrogen (secondary N) is 1. The number of hydrogen-bond donors (Lipinski definition) is 2. The predicted octanol–water partition coefficient (Wildman–Crippen LogP) is 1.07. The number of nitrogen functional groups attached to an aromatic ring is 1. The van der Waals surface area contributed by atoms with Crippen molar-refractivity contribution in [2.45, 2.75) is 16.3 Å². The van der Waals surface area contributed by atoms with Crippen molar-refractivity contribution in [3.05, 3.63) is 17.4 Å². The van der Waals surface area contributed by atoms with Crippen LogP contribution in [0.5, 0.6) is 0 Å². The van der Waals surface area contributed by atoms with Crippen molar-refractivity contribution in [2.24, 2.45) is 5.84 Å². The maximum absolute atomic E-state index is 5.32. The van der Waals surface area contributed by atoms with Gasteiger partial charge in [-0.1, -0.05) is 11.3 Å². The number of hydrazine groups is 1. The lowest BCUT2D eigenvalue weighted by molar-refractivity contribution is 0.979. The number of nitrogens with zero attached hydrogens (tertiary/aromatic N) is 4. The topological polar surface area (TPSA) is 89.6 Å². The van der Waals surface area contributed by atoms with Crippen LogP contribution in [0.4, 0.5) is 5.82 Å². The van der Waals surface area contributed by atoms with Crippen LogP contribution in [0.2, 0.25) is 0 Å². The van der Waals surface area contributed by atoms with Gasteiger partial charge in [0.15, 0.2) is 4.34 Å². The summed E-state index contributed by atoms with van der Waals surface area (Å²) < 4.78 is 0.847. The van der Waals surface area contributed by atoms with Crippen LogP contribution in [-0.4, -0.2) is 20.2 Å². The Bertz CT molecular complexity index is 443. The van der Waals surface area contributed by atoms with Gasteiger partial charge in [0.25, 0.3) is 0 Å². The molecule has 15 heavy (non-hydrogen) atoms. The number of aromatic nitrogens is 4. The van der Waals surface area contributed by atoms with E-state index >= 15 is 0 Å². The van der Waals surface area contributed by atoms with Gasteiger partial charge >= 0.3 is 0 Å². The quantitative estimate of drug-likeness (QED) is 0.471. The molecule has 0 aliphatic heterocycles. The maximum Gasteiger partial charge on any atom is 0.180 e. The summed E-state index contributed by atoms with van der Waals surface area (Å²) in [5.74, 6) is 5.94. The summed E-state index contributed by atoms with van der Waals surface area (Å²) in [5, 5.41) is 8.51. The highest BCUT2D eigenvalue weighted by molar-refractivity contribution is 8.01. The first-order chi connectivity index (χ1) is 7.31. The van der Waals surface area contributed by atoms with Crippen molar-refractivity contribution in [3.8, 4) is 0 Å². The summed E-state index contributed by atoms with van der Waals surface area (Å²) in [5.41, 5.74) is 5.10. The van der Waals surface area contributed by atoms with E-state index in [-0.39, 0.29) is 0 Å². The van der Waals surface area contributed by atoms with E-state index in [2.05, 4.69) is 25.6 Å². The summed E-state index contributed by atoms with van der Waals surface area (Å²) in [4.78, 5) is 8.15. The Hall–Kier alpha value is -1.25. The van der Waals surface area contributed by atoms with E-state index in [9.17, 15) is 0 Å². The van der Waals surface area contributed by atoms with Crippen LogP contribution in [0.15, 0.2) is 21.2 Å². The molecule has 0 aliphatic rings. The molecule has 0 saturated heterocycles. The first-order valence-corrected chi connectivity index (χ1v) is 5.73. The summed E-state index contributed by atoms with van der Waals surface area (Å²) in [6, 6.07) is 0. The number of hydrogen-bond acceptors (Lipinski definition) is 8. The van der Waals surface area contributed by atoms with Gasteiger partial charge in [0, 0.05) is 5.56 Å². The van der Waals surface area contributed by atoms with Gasteiger partial charge in [-0.05, 0) is 18.7 Å². The van der Waals surface area contributed by atoms with Crippen LogP contribution in [0.25, 0.3) is 0 Å². The third-order valence-corrected chi connectivity index (χ3v) is 3.58. The summed E-state index contributed by atoms with van der Waals surface area (Å²) in [6.07, 6.45) is 1.46. The zero-order valence-electron chi connectivity index (χ0n) is 7.84. The molecule has 78 valence electrons. The first-order valence-electron chi connectivity index (χ1n) is 4.03. The van der Waals surface area contributed by atoms with Crippen LogP contribution >= 0.6 is 23.1 Å². The van der Waals surface area contributed by atoms with Crippen LogP contribution in [-0.2, 0) is 0 Å². The van der Waals surface area contributed by atoms with Crippen LogP contribution < -0.4 is 11.3 Å². The molecule has 2 aromatic rings. The third-order valence-electron chi connectivity index (χ3n) is 1.70. The molecule has 0 amide bonds. The number of anilines is 1. The predicted molar refractivity (Wildman–Crippen MR) is 58.6 cm³/mol. The highest BCUT2D eigenvalue weighted by Crippen LogP contribution is 2.30. The molecule has 0 saturated carbocycles. The Morgan fingerprint density at radius 1 is 1.47 bits per heavy atom. The lowest BCUT2D eigenvalue weighted by Gasteiger charge is -2.05. The minimum absolute atomic E-state index is 0.622. The molecule has 2 aromatic heterocycles. The van der Waals surface area contributed by atoms with Crippen LogP contribution in [0.1, 0.15) is 5.56 Å². The zero-order valence-corrected chi connectivity index (χ0v) is 9.47. The molecule has 0 aliphatic carbocycles. The largest absolute Gasteiger partial charge is 0.308 e. The van der Waals surface area contributed by atoms with Crippen molar-refractivity contribution < 1.29 is 0 Å². The Balaban J connectivity index is 2.29. The molecule has 0 atom stereocenters. The average Bonchev–Trinajstić information content (AvgIpc) is 2.74. The molecule has 0 spiro atoms. The zero-order chi connectivity index (χ0) is 10.7. The maximum atomic E-state index is 5.32. The molecule has 6 nitrogen and oxygen atoms in total. The fourth-order valence-electron chi connectivity index (χ4n) is 0.973. The summed E-state index contributed by atoms with van der Waals surface area (Å²) in [6.45, 7) is 1.90. The molecule has 2 rings (SSSR count). The van der Waals surface area contributed by atoms with Gasteiger partial charge in [-0.25, -0.2) is 15.8 Å². The van der Waals surface area contributed by atoms with Gasteiger partial charge in [-0.3, -0.25) is 0 Å². The van der Waals surface area contributed by atoms with Crippen molar-refractivity contribution in [1.82, 2.24) is 20.2 Å². The molecule has 0 fully saturated rings. The van der Waals surface area contributed by atoms with E-state index in [1.54, 1.807) is 5.51 Å². The van der Waals surface area contributed by atoms with Gasteiger partial charge in [-0.15, -0.1) is 10.2 Å². The van der Waals surface area contributed by atoms with Crippen molar-refractivity contribution in [3.63, 3.8) is 0 Å². The number of rotatable bonds is 3. The van der Waals surface area contributed by atoms with Crippen LogP contribution in [0, 0.1) is 6.92 Å². The van der Waals surface area contributed by atoms with Gasteiger partial charge in [0.05, 0.1) is 0 Å². The third kappa shape index (κ3) is 2.22. The van der Waals surface area contributed by atoms with E-state index in [0.29, 0.717) is 5.82 Å². The second-order valence-corrected chi connectivity index (χ2v) is 4.67. The molecule has 2 heterocycles. The number of nitrogens with two attached hydrogens (primary N) is 1. The smallest absolute Gasteiger partial charge is 0.180 e. The Kier molecular flexibility index (Phi) is 3.09. The monoisotopic (exact) mass is 240 g/mol. The summed E-state index contributed by atoms with van der Waals surface area (Å²) in [7, 11) is 0. The highest BCUT2D eigenvalue weighted by atomic mass is 32.2. The molecule has 0 unspecified atom stereocenters. The lowest BCUT2D eigenvalue weighted by Crippen LogP contribution is -2.10. The van der Waals surface area contributed by atoms with E-state index < -0.39 is 0 Å². The van der Waals surface area contributed by atoms with Gasteiger partial charge in [0.1, 0.15) is 22.7 Å². The highest BCUT2D eigenvalue weighted by Gasteiger charge is 2.09. The van der Waals surface area contributed by atoms with E-state index in [4.69, 9.17) is 5.84 Å². The summed E-state index contributed by atoms with van der Waals surface area (Å²) >= 11 is 2.92. The first kappa shape index (κ1) is 10.3. The van der Waals surface area contributed by atoms with Gasteiger partial charge in [-0.2, -0.15) is 0 Å². The SMILES string of the molecule is Cc1c(NN)ncnc1Sc1nncs1. The minimum atomic E-state index is 0.622. The molecule has 3 N–H and O–H groups in total. The second kappa shape index (κ2) is 4.51. The molecule has 0 radical (unpaired) electrons. The molecule has 0 bridgehead atoms. The van der Waals surface area contributed by atoms with E-state index in [0.717, 1.165) is 14.9 Å².